The Labute approximate surface area is 321 Å². The van der Waals surface area contributed by atoms with E-state index in [0.29, 0.717) is 53.3 Å². The number of halogens is 1. The molecule has 3 N–H and O–H groups in total. The van der Waals surface area contributed by atoms with Gasteiger partial charge in [0.1, 0.15) is 6.07 Å². The summed E-state index contributed by atoms with van der Waals surface area (Å²) in [5.74, 6) is 0.749. The topological polar surface area (TPSA) is 144 Å². The monoisotopic (exact) mass is 749 g/mol. The SMILES string of the molecule is C[C@@H](O)CN1CCc2c(nc(C(=O)Nc3cccc(-c4cccc(NC(=O)c5nc6c(n5C)CCN(CCC57CCC(CC5)C7)C6)c4Cl)c3C#N)n2C)C1. The number of hydrogen-bond acceptors (Lipinski definition) is 8. The van der Waals surface area contributed by atoms with Gasteiger partial charge in [-0.1, -0.05) is 35.9 Å². The predicted molar refractivity (Wildman–Crippen MR) is 207 cm³/mol. The first-order valence-electron chi connectivity index (χ1n) is 19.2. The number of aliphatic hydroxyl groups is 1. The number of aliphatic hydroxyl groups excluding tert-OH is 1. The Morgan fingerprint density at radius 2 is 1.50 bits per heavy atom. The fourth-order valence-corrected chi connectivity index (χ4v) is 9.82. The van der Waals surface area contributed by atoms with Gasteiger partial charge in [-0.3, -0.25) is 19.4 Å². The van der Waals surface area contributed by atoms with E-state index in [1.807, 2.05) is 18.7 Å². The summed E-state index contributed by atoms with van der Waals surface area (Å²) in [6.07, 6.45) is 9.35. The molecule has 2 saturated carbocycles. The Morgan fingerprint density at radius 1 is 0.926 bits per heavy atom. The van der Waals surface area contributed by atoms with Crippen LogP contribution < -0.4 is 10.6 Å². The maximum atomic E-state index is 13.7. The molecule has 0 spiro atoms. The molecule has 12 nitrogen and oxygen atoms in total. The van der Waals surface area contributed by atoms with Crippen molar-refractivity contribution in [3.8, 4) is 17.2 Å². The number of nitriles is 1. The molecule has 0 radical (unpaired) electrons. The van der Waals surface area contributed by atoms with Crippen molar-refractivity contribution in [1.82, 2.24) is 28.9 Å². The smallest absolute Gasteiger partial charge is 0.291 e. The fourth-order valence-electron chi connectivity index (χ4n) is 9.54. The van der Waals surface area contributed by atoms with Gasteiger partial charge < -0.3 is 24.9 Å². The Hall–Kier alpha value is -4.54. The number of β-amino-alcohol motifs (C(OH)–C–C–N with tert-alkyl or cyclic N) is 1. The molecule has 2 aromatic heterocycles. The lowest BCUT2D eigenvalue weighted by Crippen LogP contribution is -2.36. The van der Waals surface area contributed by atoms with E-state index in [9.17, 15) is 20.0 Å². The first-order chi connectivity index (χ1) is 26.0. The number of nitrogens with zero attached hydrogens (tertiary/aromatic N) is 7. The molecule has 2 aliphatic heterocycles. The van der Waals surface area contributed by atoms with Crippen molar-refractivity contribution in [3.63, 3.8) is 0 Å². The maximum Gasteiger partial charge on any atom is 0.291 e. The number of imidazole rings is 2. The molecular weight excluding hydrogens is 702 g/mol. The molecule has 2 amide bonds. The number of carbonyl (C=O) groups is 2. The summed E-state index contributed by atoms with van der Waals surface area (Å²) in [7, 11) is 3.72. The van der Waals surface area contributed by atoms with Gasteiger partial charge in [-0.25, -0.2) is 9.97 Å². The van der Waals surface area contributed by atoms with Gasteiger partial charge in [0, 0.05) is 82.2 Å². The normalized spacial score (nSPS) is 21.4. The van der Waals surface area contributed by atoms with Crippen LogP contribution in [0.5, 0.6) is 0 Å². The fraction of sp³-hybridized carbons (Fsp3) is 0.488. The molecule has 4 aliphatic rings. The van der Waals surface area contributed by atoms with Crippen LogP contribution >= 0.6 is 11.6 Å². The first kappa shape index (κ1) is 36.4. The van der Waals surface area contributed by atoms with Gasteiger partial charge >= 0.3 is 0 Å². The summed E-state index contributed by atoms with van der Waals surface area (Å²) in [6.45, 7) is 6.41. The van der Waals surface area contributed by atoms with Crippen molar-refractivity contribution in [1.29, 1.82) is 5.26 Å². The molecule has 2 bridgehead atoms. The minimum Gasteiger partial charge on any atom is -0.392 e. The standard InChI is InChI=1S/C41H48ClN9O3/c1-25(52)22-51-18-13-35-33(24-51)45-37(49(35)3)39(53)46-30-8-4-6-27(29(30)21-43)28-7-5-9-31(36(28)42)47-40(54)38-44-32-23-50(17-12-34(32)48(38)2)19-16-41-14-10-26(20-41)11-15-41/h4-9,25-26,52H,10-20,22-24H2,1-3H3,(H,46,53)(H,47,54)/t25-,26?,41?/m1/s1. The molecule has 2 fully saturated rings. The summed E-state index contributed by atoms with van der Waals surface area (Å²) in [5, 5.41) is 26.4. The molecule has 4 aromatic rings. The van der Waals surface area contributed by atoms with Crippen LogP contribution in [0.15, 0.2) is 36.4 Å². The molecule has 282 valence electrons. The van der Waals surface area contributed by atoms with Gasteiger partial charge in [-0.05, 0) is 75.5 Å². The van der Waals surface area contributed by atoms with Gasteiger partial charge in [0.25, 0.3) is 11.8 Å². The van der Waals surface area contributed by atoms with Crippen molar-refractivity contribution < 1.29 is 14.7 Å². The van der Waals surface area contributed by atoms with Gasteiger partial charge in [0.2, 0.25) is 0 Å². The highest BCUT2D eigenvalue weighted by molar-refractivity contribution is 6.36. The first-order valence-corrected chi connectivity index (χ1v) is 19.6. The lowest BCUT2D eigenvalue weighted by atomic mass is 9.81. The zero-order chi connectivity index (χ0) is 37.7. The minimum absolute atomic E-state index is 0.236. The van der Waals surface area contributed by atoms with Crippen molar-refractivity contribution in [2.75, 3.05) is 36.8 Å². The minimum atomic E-state index is -0.455. The number of anilines is 2. The number of amides is 2. The van der Waals surface area contributed by atoms with Crippen LogP contribution in [-0.2, 0) is 40.0 Å². The number of rotatable bonds is 10. The number of aromatic nitrogens is 4. The number of fused-ring (bicyclic) bond motifs is 4. The number of nitrogens with one attached hydrogen (secondary N) is 2. The van der Waals surface area contributed by atoms with E-state index in [-0.39, 0.29) is 22.3 Å². The summed E-state index contributed by atoms with van der Waals surface area (Å²) < 4.78 is 3.71. The van der Waals surface area contributed by atoms with Crippen molar-refractivity contribution >= 4 is 34.8 Å². The third-order valence-electron chi connectivity index (χ3n) is 12.4. The van der Waals surface area contributed by atoms with E-state index in [1.54, 1.807) is 47.9 Å². The second-order valence-electron chi connectivity index (χ2n) is 15.9. The van der Waals surface area contributed by atoms with Crippen LogP contribution in [-0.4, -0.2) is 78.1 Å². The van der Waals surface area contributed by atoms with Gasteiger partial charge in [-0.2, -0.15) is 5.26 Å². The van der Waals surface area contributed by atoms with Crippen molar-refractivity contribution in [2.24, 2.45) is 25.4 Å². The Morgan fingerprint density at radius 3 is 2.09 bits per heavy atom. The second kappa shape index (κ2) is 14.6. The molecule has 2 aromatic carbocycles. The van der Waals surface area contributed by atoms with E-state index in [0.717, 1.165) is 61.3 Å². The molecule has 1 atom stereocenters. The highest BCUT2D eigenvalue weighted by atomic mass is 35.5. The average Bonchev–Trinajstić information content (AvgIpc) is 3.93. The van der Waals surface area contributed by atoms with Crippen LogP contribution in [0.4, 0.5) is 11.4 Å². The molecule has 54 heavy (non-hydrogen) atoms. The second-order valence-corrected chi connectivity index (χ2v) is 16.3. The highest BCUT2D eigenvalue weighted by Gasteiger charge is 2.44. The zero-order valence-corrected chi connectivity index (χ0v) is 32.0. The van der Waals surface area contributed by atoms with Gasteiger partial charge in [0.05, 0.1) is 39.5 Å². The third-order valence-corrected chi connectivity index (χ3v) is 12.8. The van der Waals surface area contributed by atoms with Crippen molar-refractivity contribution in [3.05, 3.63) is 81.4 Å². The van der Waals surface area contributed by atoms with Crippen LogP contribution in [0.25, 0.3) is 11.1 Å². The summed E-state index contributed by atoms with van der Waals surface area (Å²) >= 11 is 6.98. The molecule has 0 saturated heterocycles. The summed E-state index contributed by atoms with van der Waals surface area (Å²) in [4.78, 5) is 41.4. The molecule has 0 unspecified atom stereocenters. The van der Waals surface area contributed by atoms with Gasteiger partial charge in [0.15, 0.2) is 11.6 Å². The largest absolute Gasteiger partial charge is 0.392 e. The Bertz CT molecular complexity index is 2160. The quantitative estimate of drug-likeness (QED) is 0.181. The van der Waals surface area contributed by atoms with E-state index in [2.05, 4.69) is 31.5 Å². The van der Waals surface area contributed by atoms with Crippen molar-refractivity contribution in [2.45, 2.75) is 77.5 Å². The lowest BCUT2D eigenvalue weighted by Gasteiger charge is -2.32. The number of hydrogen-bond donors (Lipinski definition) is 3. The Balaban J connectivity index is 0.971. The van der Waals surface area contributed by atoms with Crippen LogP contribution in [0.2, 0.25) is 5.02 Å². The van der Waals surface area contributed by atoms with Gasteiger partial charge in [-0.15, -0.1) is 0 Å². The average molecular weight is 750 g/mol. The van der Waals surface area contributed by atoms with E-state index in [4.69, 9.17) is 16.6 Å². The maximum absolute atomic E-state index is 13.7. The lowest BCUT2D eigenvalue weighted by molar-refractivity contribution is 0.100. The molecule has 8 rings (SSSR count). The van der Waals surface area contributed by atoms with E-state index < -0.39 is 12.0 Å². The third kappa shape index (κ3) is 6.83. The molecular formula is C41H48ClN9O3. The molecule has 13 heteroatoms. The predicted octanol–water partition coefficient (Wildman–Crippen LogP) is 5.92. The van der Waals surface area contributed by atoms with Crippen LogP contribution in [0.1, 0.15) is 95.0 Å². The van der Waals surface area contributed by atoms with E-state index >= 15 is 0 Å². The highest BCUT2D eigenvalue weighted by Crippen LogP contribution is 2.56. The van der Waals surface area contributed by atoms with Crippen LogP contribution in [0.3, 0.4) is 0 Å². The Kier molecular flexibility index (Phi) is 9.85. The zero-order valence-electron chi connectivity index (χ0n) is 31.3. The number of benzene rings is 2. The molecule has 4 heterocycles. The van der Waals surface area contributed by atoms with Crippen LogP contribution in [0, 0.1) is 22.7 Å². The van der Waals surface area contributed by atoms with E-state index in [1.165, 1.54) is 38.5 Å². The molecule has 2 aliphatic carbocycles. The summed E-state index contributed by atoms with van der Waals surface area (Å²) in [6, 6.07) is 12.8. The summed E-state index contributed by atoms with van der Waals surface area (Å²) in [5.41, 5.74) is 6.42. The number of carbonyl (C=O) groups excluding carboxylic acids is 2.